The number of hydrogen-bond donors (Lipinski definition) is 4. The molecule has 1 aliphatic carbocycles. The van der Waals surface area contributed by atoms with Crippen LogP contribution in [0.2, 0.25) is 0 Å². The van der Waals surface area contributed by atoms with Gasteiger partial charge in [-0.05, 0) is 19.8 Å². The monoisotopic (exact) mass is 533 g/mol. The summed E-state index contributed by atoms with van der Waals surface area (Å²) in [6.07, 6.45) is 33.7. The number of hydrogen-bond acceptors (Lipinski definition) is 5. The number of carbonyl (C=O) groups excluding carboxylic acids is 2. The van der Waals surface area contributed by atoms with Crippen molar-refractivity contribution in [2.24, 2.45) is 11.8 Å². The molecule has 0 aromatic rings. The summed E-state index contributed by atoms with van der Waals surface area (Å²) in [5.74, 6) is -1.16. The van der Waals surface area contributed by atoms with Crippen LogP contribution in [-0.2, 0) is 9.59 Å². The fourth-order valence-electron chi connectivity index (χ4n) is 3.54. The van der Waals surface area contributed by atoms with Gasteiger partial charge in [0, 0.05) is 30.8 Å². The first kappa shape index (κ1) is 33.3. The van der Waals surface area contributed by atoms with Crippen molar-refractivity contribution in [1.29, 1.82) is 0 Å². The molecule has 1 rings (SSSR count). The van der Waals surface area contributed by atoms with Gasteiger partial charge in [0.15, 0.2) is 5.78 Å². The third kappa shape index (κ3) is 14.7. The molecule has 0 aromatic carbocycles. The van der Waals surface area contributed by atoms with Gasteiger partial charge in [0.25, 0.3) is 0 Å². The number of rotatable bonds is 16. The molecule has 0 fully saturated rings. The summed E-state index contributed by atoms with van der Waals surface area (Å²) in [7, 11) is 0. The minimum Gasteiger partial charge on any atom is -0.510 e. The lowest BCUT2D eigenvalue weighted by Gasteiger charge is -2.25. The van der Waals surface area contributed by atoms with Crippen LogP contribution in [0.5, 0.6) is 0 Å². The van der Waals surface area contributed by atoms with Crippen molar-refractivity contribution >= 4 is 11.7 Å². The first-order valence-corrected chi connectivity index (χ1v) is 13.4. The molecule has 1 amide bonds. The van der Waals surface area contributed by atoms with Crippen LogP contribution in [0.15, 0.2) is 121 Å². The van der Waals surface area contributed by atoms with Crippen molar-refractivity contribution in [3.05, 3.63) is 121 Å². The lowest BCUT2D eigenvalue weighted by Crippen LogP contribution is -2.32. The van der Waals surface area contributed by atoms with E-state index in [0.717, 1.165) is 12.8 Å². The molecule has 6 nitrogen and oxygen atoms in total. The third-order valence-corrected chi connectivity index (χ3v) is 5.96. The fraction of sp³-hybridized carbons (Fsp3) is 0.333. The summed E-state index contributed by atoms with van der Waals surface area (Å²) >= 11 is 0. The summed E-state index contributed by atoms with van der Waals surface area (Å²) in [5, 5.41) is 32.9. The van der Waals surface area contributed by atoms with Crippen molar-refractivity contribution < 1.29 is 24.9 Å². The summed E-state index contributed by atoms with van der Waals surface area (Å²) in [5.41, 5.74) is -0.00599. The topological polar surface area (TPSA) is 107 Å². The highest BCUT2D eigenvalue weighted by Crippen LogP contribution is 2.19. The van der Waals surface area contributed by atoms with E-state index in [1.165, 1.54) is 6.08 Å². The van der Waals surface area contributed by atoms with Crippen molar-refractivity contribution in [3.63, 3.8) is 0 Å². The highest BCUT2D eigenvalue weighted by atomic mass is 16.3. The second-order valence-electron chi connectivity index (χ2n) is 9.18. The summed E-state index contributed by atoms with van der Waals surface area (Å²) in [6, 6.07) is 0. The lowest BCUT2D eigenvalue weighted by molar-refractivity contribution is -0.119. The van der Waals surface area contributed by atoms with Crippen LogP contribution in [0.1, 0.15) is 46.5 Å². The van der Waals surface area contributed by atoms with E-state index in [1.807, 2.05) is 93.7 Å². The van der Waals surface area contributed by atoms with Crippen LogP contribution in [0.3, 0.4) is 0 Å². The molecule has 0 saturated carbocycles. The number of unbranched alkanes of at least 4 members (excludes halogenated alkanes) is 1. The van der Waals surface area contributed by atoms with Gasteiger partial charge in [0.1, 0.15) is 11.5 Å². The van der Waals surface area contributed by atoms with Crippen LogP contribution in [0.4, 0.5) is 0 Å². The maximum absolute atomic E-state index is 11.8. The molecule has 6 heteroatoms. The van der Waals surface area contributed by atoms with Gasteiger partial charge in [-0.25, -0.2) is 0 Å². The second-order valence-corrected chi connectivity index (χ2v) is 9.18. The van der Waals surface area contributed by atoms with Crippen LogP contribution < -0.4 is 5.32 Å². The van der Waals surface area contributed by atoms with E-state index in [-0.39, 0.29) is 41.9 Å². The number of amides is 1. The largest absolute Gasteiger partial charge is 0.510 e. The lowest BCUT2D eigenvalue weighted by atomic mass is 9.88. The third-order valence-electron chi connectivity index (χ3n) is 5.96. The van der Waals surface area contributed by atoms with Gasteiger partial charge in [-0.15, -0.1) is 0 Å². The predicted octanol–water partition coefficient (Wildman–Crippen LogP) is 6.04. The Kier molecular flexibility index (Phi) is 17.3. The van der Waals surface area contributed by atoms with Crippen LogP contribution in [0.25, 0.3) is 0 Å². The Labute approximate surface area is 233 Å². The number of allylic oxidation sites excluding steroid dienone is 17. The first-order chi connectivity index (χ1) is 18.8. The van der Waals surface area contributed by atoms with Crippen LogP contribution in [-0.4, -0.2) is 39.2 Å². The molecule has 0 aliphatic heterocycles. The number of nitrogens with one attached hydrogen (secondary N) is 1. The predicted molar refractivity (Wildman–Crippen MR) is 160 cm³/mol. The van der Waals surface area contributed by atoms with Gasteiger partial charge < -0.3 is 20.6 Å². The molecule has 4 N–H and O–H groups in total. The zero-order valence-electron chi connectivity index (χ0n) is 23.2. The first-order valence-electron chi connectivity index (χ1n) is 13.4. The Morgan fingerprint density at radius 2 is 1.41 bits per heavy atom. The number of Topliss-reactive ketones (excluding diaryl/α,β-unsaturated/α-hetero) is 1. The zero-order valence-corrected chi connectivity index (χ0v) is 23.2. The molecule has 4 atom stereocenters. The van der Waals surface area contributed by atoms with Crippen LogP contribution >= 0.6 is 0 Å². The quantitative estimate of drug-likeness (QED) is 0.0838. The molecule has 0 radical (unpaired) electrons. The SMILES string of the molecule is C/C=C/C=C/C=C/C=C/C(O)C(C)C(O)C(C)/C=C/CC/C=C/C=C/C=C/C=C/C(=O)NC1=C(O)CCC1=O. The normalized spacial score (nSPS) is 18.7. The van der Waals surface area contributed by atoms with Crippen molar-refractivity contribution in [2.45, 2.75) is 58.7 Å². The van der Waals surface area contributed by atoms with Gasteiger partial charge in [-0.1, -0.05) is 117 Å². The molecular weight excluding hydrogens is 490 g/mol. The van der Waals surface area contributed by atoms with Gasteiger partial charge in [-0.2, -0.15) is 0 Å². The molecular formula is C33H43NO5. The molecule has 0 heterocycles. The number of carbonyl (C=O) groups is 2. The molecule has 1 aliphatic rings. The number of aliphatic hydroxyl groups is 3. The van der Waals surface area contributed by atoms with Crippen molar-refractivity contribution in [2.75, 3.05) is 0 Å². The average Bonchev–Trinajstić information content (AvgIpc) is 3.23. The Hall–Kier alpha value is -3.74. The fourth-order valence-corrected chi connectivity index (χ4v) is 3.54. The summed E-state index contributed by atoms with van der Waals surface area (Å²) < 4.78 is 0. The molecule has 0 bridgehead atoms. The van der Waals surface area contributed by atoms with Crippen LogP contribution in [0, 0.1) is 11.8 Å². The van der Waals surface area contributed by atoms with Gasteiger partial charge in [0.05, 0.1) is 12.2 Å². The summed E-state index contributed by atoms with van der Waals surface area (Å²) in [6.45, 7) is 5.74. The summed E-state index contributed by atoms with van der Waals surface area (Å²) in [4.78, 5) is 23.3. The molecule has 0 saturated heterocycles. The number of ketones is 1. The number of aliphatic hydroxyl groups excluding tert-OH is 3. The molecule has 210 valence electrons. The van der Waals surface area contributed by atoms with E-state index in [4.69, 9.17) is 0 Å². The highest BCUT2D eigenvalue weighted by Gasteiger charge is 2.24. The molecule has 4 unspecified atom stereocenters. The minimum atomic E-state index is -0.730. The standard InChI is InChI=1S/C33H43NO5/c1-4-5-6-7-12-16-19-22-28(35)27(3)33(39)26(2)21-18-15-13-10-8-9-11-14-17-20-23-31(38)34-32-29(36)24-25-30(32)37/h4-12,14,16-23,26-28,33,35-36,39H,13,15,24-25H2,1-3H3,(H,34,38)/b5-4+,7-6+,10-8+,11-9+,16-12+,17-14+,21-18+,22-19+,23-20+. The Morgan fingerprint density at radius 1 is 0.821 bits per heavy atom. The van der Waals surface area contributed by atoms with Gasteiger partial charge in [-0.3, -0.25) is 9.59 Å². The van der Waals surface area contributed by atoms with Crippen molar-refractivity contribution in [3.8, 4) is 0 Å². The van der Waals surface area contributed by atoms with E-state index in [2.05, 4.69) is 5.32 Å². The van der Waals surface area contributed by atoms with E-state index < -0.39 is 18.1 Å². The van der Waals surface area contributed by atoms with Gasteiger partial charge in [0.2, 0.25) is 5.91 Å². The minimum absolute atomic E-state index is 0.00599. The maximum atomic E-state index is 11.8. The molecule has 0 aromatic heterocycles. The highest BCUT2D eigenvalue weighted by molar-refractivity contribution is 6.03. The zero-order chi connectivity index (χ0) is 28.9. The van der Waals surface area contributed by atoms with E-state index in [1.54, 1.807) is 30.4 Å². The maximum Gasteiger partial charge on any atom is 0.248 e. The Balaban J connectivity index is 2.29. The average molecular weight is 534 g/mol. The van der Waals surface area contributed by atoms with E-state index in [9.17, 15) is 24.9 Å². The van der Waals surface area contributed by atoms with E-state index >= 15 is 0 Å². The van der Waals surface area contributed by atoms with Gasteiger partial charge >= 0.3 is 0 Å². The second kappa shape index (κ2) is 20.3. The molecule has 39 heavy (non-hydrogen) atoms. The van der Waals surface area contributed by atoms with E-state index in [0.29, 0.717) is 0 Å². The molecule has 0 spiro atoms. The Bertz CT molecular complexity index is 1070. The smallest absolute Gasteiger partial charge is 0.248 e. The Morgan fingerprint density at radius 3 is 2.05 bits per heavy atom. The van der Waals surface area contributed by atoms with Crippen molar-refractivity contribution in [1.82, 2.24) is 5.32 Å².